The van der Waals surface area contributed by atoms with Gasteiger partial charge in [0.2, 0.25) is 0 Å². The number of nitrogens with zero attached hydrogens (tertiary/aromatic N) is 1. The van der Waals surface area contributed by atoms with Gasteiger partial charge in [-0.15, -0.1) is 0 Å². The van der Waals surface area contributed by atoms with Crippen LogP contribution in [0.4, 0.5) is 18.9 Å². The van der Waals surface area contributed by atoms with E-state index in [0.29, 0.717) is 29.0 Å². The SMILES string of the molecule is CCCN(CC(F)(F)F)c1ccc(CBr)cc1Cl. The molecule has 1 aromatic rings. The molecule has 18 heavy (non-hydrogen) atoms. The number of anilines is 1. The minimum absolute atomic E-state index is 0.326. The summed E-state index contributed by atoms with van der Waals surface area (Å²) in [6, 6.07) is 5.10. The van der Waals surface area contributed by atoms with Gasteiger partial charge in [0.15, 0.2) is 0 Å². The highest BCUT2D eigenvalue weighted by molar-refractivity contribution is 9.08. The van der Waals surface area contributed by atoms with Crippen LogP contribution in [0.25, 0.3) is 0 Å². The molecule has 0 fully saturated rings. The number of rotatable bonds is 5. The van der Waals surface area contributed by atoms with E-state index in [9.17, 15) is 13.2 Å². The van der Waals surface area contributed by atoms with E-state index in [0.717, 1.165) is 5.56 Å². The fourth-order valence-electron chi connectivity index (χ4n) is 1.66. The first-order chi connectivity index (χ1) is 8.37. The molecule has 0 aliphatic rings. The molecule has 0 radical (unpaired) electrons. The van der Waals surface area contributed by atoms with Gasteiger partial charge in [0, 0.05) is 11.9 Å². The maximum atomic E-state index is 12.5. The molecule has 0 aliphatic carbocycles. The van der Waals surface area contributed by atoms with Crippen LogP contribution in [-0.4, -0.2) is 19.3 Å². The Kier molecular flexibility index (Phi) is 5.79. The van der Waals surface area contributed by atoms with Crippen molar-refractivity contribution >= 4 is 33.2 Å². The molecule has 102 valence electrons. The highest BCUT2D eigenvalue weighted by Crippen LogP contribution is 2.30. The van der Waals surface area contributed by atoms with E-state index in [2.05, 4.69) is 15.9 Å². The van der Waals surface area contributed by atoms with Gasteiger partial charge < -0.3 is 4.90 Å². The molecule has 0 bridgehead atoms. The fraction of sp³-hybridized carbons (Fsp3) is 0.500. The Morgan fingerprint density at radius 1 is 1.33 bits per heavy atom. The van der Waals surface area contributed by atoms with Crippen molar-refractivity contribution in [1.29, 1.82) is 0 Å². The molecule has 0 saturated carbocycles. The van der Waals surface area contributed by atoms with Gasteiger partial charge in [-0.25, -0.2) is 0 Å². The fourth-order valence-corrected chi connectivity index (χ4v) is 2.33. The topological polar surface area (TPSA) is 3.24 Å². The zero-order chi connectivity index (χ0) is 13.8. The summed E-state index contributed by atoms with van der Waals surface area (Å²) >= 11 is 9.32. The lowest BCUT2D eigenvalue weighted by Crippen LogP contribution is -2.35. The summed E-state index contributed by atoms with van der Waals surface area (Å²) in [4.78, 5) is 1.26. The van der Waals surface area contributed by atoms with Gasteiger partial charge >= 0.3 is 6.18 Å². The van der Waals surface area contributed by atoms with Crippen molar-refractivity contribution in [2.24, 2.45) is 0 Å². The zero-order valence-electron chi connectivity index (χ0n) is 9.90. The van der Waals surface area contributed by atoms with E-state index in [1.54, 1.807) is 18.2 Å². The molecule has 0 aromatic heterocycles. The molecule has 0 atom stereocenters. The molecule has 6 heteroatoms. The molecule has 0 saturated heterocycles. The van der Waals surface area contributed by atoms with Crippen LogP contribution in [0.2, 0.25) is 5.02 Å². The van der Waals surface area contributed by atoms with Crippen LogP contribution in [0.1, 0.15) is 18.9 Å². The quantitative estimate of drug-likeness (QED) is 0.678. The largest absolute Gasteiger partial charge is 0.405 e. The Morgan fingerprint density at radius 3 is 2.44 bits per heavy atom. The van der Waals surface area contributed by atoms with Crippen molar-refractivity contribution < 1.29 is 13.2 Å². The second kappa shape index (κ2) is 6.66. The molecule has 0 amide bonds. The second-order valence-corrected chi connectivity index (χ2v) is 4.92. The standard InChI is InChI=1S/C12H14BrClF3N/c1-2-5-18(8-12(15,16)17)11-4-3-9(7-13)6-10(11)14/h3-4,6H,2,5,7-8H2,1H3. The Labute approximate surface area is 118 Å². The number of halogens is 5. The summed E-state index contributed by atoms with van der Waals surface area (Å²) in [5.74, 6) is 0. The molecule has 0 N–H and O–H groups in total. The molecule has 1 rings (SSSR count). The summed E-state index contributed by atoms with van der Waals surface area (Å²) in [6.45, 7) is 1.19. The lowest BCUT2D eigenvalue weighted by atomic mass is 10.2. The van der Waals surface area contributed by atoms with Crippen molar-refractivity contribution in [3.63, 3.8) is 0 Å². The predicted octanol–water partition coefficient (Wildman–Crippen LogP) is 5.01. The van der Waals surface area contributed by atoms with Gasteiger partial charge in [-0.05, 0) is 24.1 Å². The van der Waals surface area contributed by atoms with Gasteiger partial charge in [0.1, 0.15) is 6.54 Å². The van der Waals surface area contributed by atoms with E-state index in [-0.39, 0.29) is 0 Å². The molecular formula is C12H14BrClF3N. The normalized spacial score (nSPS) is 11.7. The van der Waals surface area contributed by atoms with Crippen molar-refractivity contribution in [3.05, 3.63) is 28.8 Å². The summed E-state index contributed by atoms with van der Waals surface area (Å²) in [6.07, 6.45) is -3.60. The molecule has 1 aromatic carbocycles. The van der Waals surface area contributed by atoms with Gasteiger partial charge in [-0.3, -0.25) is 0 Å². The third-order valence-corrected chi connectivity index (χ3v) is 3.32. The molecule has 0 unspecified atom stereocenters. The van der Waals surface area contributed by atoms with Crippen LogP contribution in [0.5, 0.6) is 0 Å². The van der Waals surface area contributed by atoms with Crippen molar-refractivity contribution in [2.45, 2.75) is 24.9 Å². The minimum Gasteiger partial charge on any atom is -0.361 e. The smallest absolute Gasteiger partial charge is 0.361 e. The number of hydrogen-bond acceptors (Lipinski definition) is 1. The summed E-state index contributed by atoms with van der Waals surface area (Å²) < 4.78 is 37.5. The predicted molar refractivity (Wildman–Crippen MR) is 72.6 cm³/mol. The van der Waals surface area contributed by atoms with E-state index >= 15 is 0 Å². The Bertz CT molecular complexity index is 395. The number of benzene rings is 1. The average molecular weight is 345 g/mol. The summed E-state index contributed by atoms with van der Waals surface area (Å²) in [5, 5.41) is 0.977. The van der Waals surface area contributed by atoms with Crippen LogP contribution in [-0.2, 0) is 5.33 Å². The van der Waals surface area contributed by atoms with E-state index < -0.39 is 12.7 Å². The minimum atomic E-state index is -4.23. The van der Waals surface area contributed by atoms with E-state index in [4.69, 9.17) is 11.6 Å². The molecular weight excluding hydrogens is 330 g/mol. The van der Waals surface area contributed by atoms with Gasteiger partial charge in [0.05, 0.1) is 10.7 Å². The maximum absolute atomic E-state index is 12.5. The van der Waals surface area contributed by atoms with Gasteiger partial charge in [-0.2, -0.15) is 13.2 Å². The van der Waals surface area contributed by atoms with Crippen LogP contribution in [0, 0.1) is 0 Å². The summed E-state index contributed by atoms with van der Waals surface area (Å²) in [7, 11) is 0. The van der Waals surface area contributed by atoms with Crippen molar-refractivity contribution in [2.75, 3.05) is 18.0 Å². The molecule has 0 aliphatic heterocycles. The molecule has 0 heterocycles. The van der Waals surface area contributed by atoms with Crippen LogP contribution in [0.15, 0.2) is 18.2 Å². The van der Waals surface area contributed by atoms with Crippen LogP contribution < -0.4 is 4.90 Å². The first kappa shape index (κ1) is 15.6. The zero-order valence-corrected chi connectivity index (χ0v) is 12.2. The Hall–Kier alpha value is -0.420. The Morgan fingerprint density at radius 2 is 2.00 bits per heavy atom. The van der Waals surface area contributed by atoms with Crippen LogP contribution >= 0.6 is 27.5 Å². The third-order valence-electron chi connectivity index (χ3n) is 2.37. The lowest BCUT2D eigenvalue weighted by molar-refractivity contribution is -0.119. The highest BCUT2D eigenvalue weighted by Gasteiger charge is 2.31. The summed E-state index contributed by atoms with van der Waals surface area (Å²) in [5.41, 5.74) is 1.37. The number of alkyl halides is 4. The van der Waals surface area contributed by atoms with E-state index in [1.807, 2.05) is 6.92 Å². The first-order valence-electron chi connectivity index (χ1n) is 5.53. The van der Waals surface area contributed by atoms with Crippen molar-refractivity contribution in [1.82, 2.24) is 0 Å². The third kappa shape index (κ3) is 4.69. The molecule has 1 nitrogen and oxygen atoms in total. The van der Waals surface area contributed by atoms with E-state index in [1.165, 1.54) is 4.90 Å². The van der Waals surface area contributed by atoms with Crippen molar-refractivity contribution in [3.8, 4) is 0 Å². The lowest BCUT2D eigenvalue weighted by Gasteiger charge is -2.26. The average Bonchev–Trinajstić information content (AvgIpc) is 2.26. The molecule has 0 spiro atoms. The first-order valence-corrected chi connectivity index (χ1v) is 7.03. The van der Waals surface area contributed by atoms with Gasteiger partial charge in [-0.1, -0.05) is 40.5 Å². The number of hydrogen-bond donors (Lipinski definition) is 0. The van der Waals surface area contributed by atoms with Gasteiger partial charge in [0.25, 0.3) is 0 Å². The Balaban J connectivity index is 2.98. The van der Waals surface area contributed by atoms with Crippen LogP contribution in [0.3, 0.4) is 0 Å². The highest BCUT2D eigenvalue weighted by atomic mass is 79.9. The maximum Gasteiger partial charge on any atom is 0.405 e. The second-order valence-electron chi connectivity index (χ2n) is 3.96. The monoisotopic (exact) mass is 343 g/mol.